The number of phosphoric ester groups is 1. The first-order chi connectivity index (χ1) is 38.9. The molecule has 80 heavy (non-hydrogen) atoms. The number of allylic oxidation sites excluding steroid dienone is 15. The second-order valence-corrected chi connectivity index (χ2v) is 24.7. The topological polar surface area (TPSA) is 111 Å². The van der Waals surface area contributed by atoms with Gasteiger partial charge in [-0.15, -0.1) is 0 Å². The molecule has 3 unspecified atom stereocenters. The molecule has 0 saturated heterocycles. The van der Waals surface area contributed by atoms with E-state index < -0.39 is 20.0 Å². The Morgan fingerprint density at radius 1 is 0.438 bits per heavy atom. The van der Waals surface area contributed by atoms with Crippen LogP contribution >= 0.6 is 7.82 Å². The Morgan fingerprint density at radius 2 is 0.762 bits per heavy atom. The van der Waals surface area contributed by atoms with Crippen LogP contribution in [0.1, 0.15) is 284 Å². The fourth-order valence-electron chi connectivity index (χ4n) is 9.11. The van der Waals surface area contributed by atoms with Crippen molar-refractivity contribution in [3.05, 3.63) is 97.2 Å². The van der Waals surface area contributed by atoms with Gasteiger partial charge in [-0.05, 0) is 115 Å². The maximum absolute atomic E-state index is 13.6. The first-order valence-electron chi connectivity index (χ1n) is 33.1. The van der Waals surface area contributed by atoms with E-state index in [0.29, 0.717) is 17.4 Å². The minimum absolute atomic E-state index is 0.0305. The molecule has 1 amide bonds. The number of amides is 1. The smallest absolute Gasteiger partial charge is 0.456 e. The van der Waals surface area contributed by atoms with E-state index in [2.05, 4.69) is 111 Å². The number of hydrogen-bond donors (Lipinski definition) is 2. The molecule has 0 fully saturated rings. The van der Waals surface area contributed by atoms with E-state index in [1.54, 1.807) is 0 Å². The number of carbonyl (C=O) groups excluding carboxylic acids is 2. The van der Waals surface area contributed by atoms with Crippen molar-refractivity contribution in [3.8, 4) is 0 Å². The molecule has 9 nitrogen and oxygen atoms in total. The molecule has 0 aliphatic heterocycles. The van der Waals surface area contributed by atoms with Crippen molar-refractivity contribution in [2.24, 2.45) is 0 Å². The molecule has 0 aromatic rings. The molecule has 0 saturated carbocycles. The first kappa shape index (κ1) is 76.9. The van der Waals surface area contributed by atoms with Gasteiger partial charge in [0.05, 0.1) is 33.8 Å². The van der Waals surface area contributed by atoms with E-state index in [1.165, 1.54) is 135 Å². The highest BCUT2D eigenvalue weighted by Gasteiger charge is 2.30. The predicted octanol–water partition coefficient (Wildman–Crippen LogP) is 20.7. The number of nitrogens with zero attached hydrogens (tertiary/aromatic N) is 1. The second kappa shape index (κ2) is 59.1. The number of carbonyl (C=O) groups is 2. The number of phosphoric acid groups is 1. The summed E-state index contributed by atoms with van der Waals surface area (Å²) in [5.74, 6) is -0.538. The molecule has 0 aliphatic rings. The van der Waals surface area contributed by atoms with Gasteiger partial charge >= 0.3 is 13.8 Å². The molecule has 0 heterocycles. The van der Waals surface area contributed by atoms with Gasteiger partial charge < -0.3 is 19.4 Å². The largest absolute Gasteiger partial charge is 0.472 e. The molecule has 0 aliphatic carbocycles. The van der Waals surface area contributed by atoms with E-state index >= 15 is 0 Å². The average Bonchev–Trinajstić information content (AvgIpc) is 3.42. The maximum Gasteiger partial charge on any atom is 0.472 e. The van der Waals surface area contributed by atoms with Gasteiger partial charge in [-0.1, -0.05) is 253 Å². The lowest BCUT2D eigenvalue weighted by atomic mass is 10.0. The van der Waals surface area contributed by atoms with Gasteiger partial charge in [0.1, 0.15) is 19.3 Å². The van der Waals surface area contributed by atoms with Crippen LogP contribution in [0.25, 0.3) is 0 Å². The summed E-state index contributed by atoms with van der Waals surface area (Å²) in [5.41, 5.74) is 0. The van der Waals surface area contributed by atoms with Crippen LogP contribution in [0.2, 0.25) is 0 Å². The Morgan fingerprint density at radius 3 is 1.16 bits per heavy atom. The minimum atomic E-state index is -4.46. The third-order valence-electron chi connectivity index (χ3n) is 14.2. The minimum Gasteiger partial charge on any atom is -0.456 e. The lowest BCUT2D eigenvalue weighted by molar-refractivity contribution is -0.870. The molecule has 0 spiro atoms. The Labute approximate surface area is 494 Å². The van der Waals surface area contributed by atoms with Gasteiger partial charge in [0, 0.05) is 12.8 Å². The number of ether oxygens (including phenoxy) is 1. The van der Waals surface area contributed by atoms with Crippen LogP contribution in [-0.2, 0) is 27.9 Å². The number of hydrogen-bond acceptors (Lipinski definition) is 6. The van der Waals surface area contributed by atoms with E-state index in [-0.39, 0.29) is 31.5 Å². The summed E-state index contributed by atoms with van der Waals surface area (Å²) >= 11 is 0. The normalized spacial score (nSPS) is 14.2. The SMILES string of the molecule is CCCCC/C=C\C/C=C\C/C=C\C/C=C\CCCCCCCCCCCC(=O)OC(/C=C\CCCCCCCCCCCC)C(COP(=O)(O)OCC[N+](C)(C)C)NC(=O)CCCCCC/C=C\C/C=C\C/C=C\CCCCC. The molecule has 2 N–H and O–H groups in total. The zero-order chi connectivity index (χ0) is 58.6. The number of esters is 1. The van der Waals surface area contributed by atoms with Crippen LogP contribution in [0.5, 0.6) is 0 Å². The molecule has 3 atom stereocenters. The Hall–Kier alpha value is -3.07. The van der Waals surface area contributed by atoms with Crippen molar-refractivity contribution in [2.45, 2.75) is 296 Å². The van der Waals surface area contributed by atoms with Crippen molar-refractivity contribution in [2.75, 3.05) is 40.9 Å². The number of rotatable bonds is 59. The van der Waals surface area contributed by atoms with Crippen molar-refractivity contribution in [1.29, 1.82) is 0 Å². The van der Waals surface area contributed by atoms with Crippen LogP contribution in [0.15, 0.2) is 97.2 Å². The standard InChI is InChI=1S/C70H125N2O7P/c1-7-10-13-16-19-22-25-28-30-32-33-34-35-36-37-38-39-41-43-45-48-51-54-57-60-63-70(74)79-68(61-58-55-52-49-46-27-24-21-18-15-12-9-3)67(66-78-80(75,76)77-65-64-72(4,5)6)71-69(73)62-59-56-53-50-47-44-42-40-31-29-26-23-20-17-14-11-8-2/h19-20,22-23,28-31,33-34,36-37,42,44,58,61,67-68H,7-18,21,24-27,32,35,38-41,43,45-57,59-60,62-66H2,1-6H3,(H-,71,73,75,76)/p+1/b22-19-,23-20-,30-28-,31-29-,34-33-,37-36-,44-42-,61-58-. The van der Waals surface area contributed by atoms with E-state index in [4.69, 9.17) is 13.8 Å². The van der Waals surface area contributed by atoms with Gasteiger partial charge in [0.25, 0.3) is 0 Å². The number of unbranched alkanes of at least 4 members (excludes halogenated alkanes) is 29. The summed E-state index contributed by atoms with van der Waals surface area (Å²) in [4.78, 5) is 37.8. The fraction of sp³-hybridized carbons (Fsp3) is 0.743. The molecule has 0 aromatic heterocycles. The zero-order valence-corrected chi connectivity index (χ0v) is 53.7. The molecule has 0 radical (unpaired) electrons. The molecule has 0 aromatic carbocycles. The molecule has 10 heteroatoms. The maximum atomic E-state index is 13.6. The van der Waals surface area contributed by atoms with Gasteiger partial charge in [-0.25, -0.2) is 4.57 Å². The van der Waals surface area contributed by atoms with Crippen LogP contribution in [0.3, 0.4) is 0 Å². The molecule has 462 valence electrons. The Bertz CT molecular complexity index is 1690. The first-order valence-corrected chi connectivity index (χ1v) is 34.6. The van der Waals surface area contributed by atoms with Crippen LogP contribution < -0.4 is 5.32 Å². The summed E-state index contributed by atoms with van der Waals surface area (Å²) in [6, 6.07) is -0.868. The summed E-state index contributed by atoms with van der Waals surface area (Å²) in [7, 11) is 1.47. The van der Waals surface area contributed by atoms with Crippen LogP contribution in [-0.4, -0.2) is 74.3 Å². The Kier molecular flexibility index (Phi) is 56.8. The summed E-state index contributed by atoms with van der Waals surface area (Å²) < 4.78 is 30.7. The predicted molar refractivity (Wildman–Crippen MR) is 346 cm³/mol. The summed E-state index contributed by atoms with van der Waals surface area (Å²) in [6.07, 6.45) is 79.8. The van der Waals surface area contributed by atoms with Crippen LogP contribution in [0, 0.1) is 0 Å². The van der Waals surface area contributed by atoms with E-state index in [1.807, 2.05) is 33.3 Å². The van der Waals surface area contributed by atoms with Gasteiger partial charge in [-0.2, -0.15) is 0 Å². The fourth-order valence-corrected chi connectivity index (χ4v) is 9.84. The molecule has 0 bridgehead atoms. The van der Waals surface area contributed by atoms with E-state index in [9.17, 15) is 19.0 Å². The average molecular weight is 1140 g/mol. The van der Waals surface area contributed by atoms with Gasteiger partial charge in [-0.3, -0.25) is 18.6 Å². The van der Waals surface area contributed by atoms with Gasteiger partial charge in [0.15, 0.2) is 0 Å². The summed E-state index contributed by atoms with van der Waals surface area (Å²) in [6.45, 7) is 6.94. The lowest BCUT2D eigenvalue weighted by Crippen LogP contribution is -2.47. The number of nitrogens with one attached hydrogen (secondary N) is 1. The quantitative estimate of drug-likeness (QED) is 0.0205. The highest BCUT2D eigenvalue weighted by Crippen LogP contribution is 2.43. The van der Waals surface area contributed by atoms with Crippen molar-refractivity contribution < 1.29 is 37.3 Å². The van der Waals surface area contributed by atoms with Crippen molar-refractivity contribution >= 4 is 19.7 Å². The van der Waals surface area contributed by atoms with Gasteiger partial charge in [0.2, 0.25) is 5.91 Å². The second-order valence-electron chi connectivity index (χ2n) is 23.3. The third-order valence-corrected chi connectivity index (χ3v) is 15.2. The number of quaternary nitrogens is 1. The third kappa shape index (κ3) is 59.5. The lowest BCUT2D eigenvalue weighted by Gasteiger charge is -2.27. The monoisotopic (exact) mass is 1140 g/mol. The molecular weight excluding hydrogens is 1010 g/mol. The Balaban J connectivity index is 5.19. The summed E-state index contributed by atoms with van der Waals surface area (Å²) in [5, 5.41) is 3.05. The molecule has 0 rings (SSSR count). The van der Waals surface area contributed by atoms with Crippen molar-refractivity contribution in [1.82, 2.24) is 5.32 Å². The number of likely N-dealkylation sites (N-methyl/N-ethyl adjacent to an activating group) is 1. The molecular formula is C70H126N2O7P+. The van der Waals surface area contributed by atoms with Crippen LogP contribution in [0.4, 0.5) is 0 Å². The van der Waals surface area contributed by atoms with Crippen molar-refractivity contribution in [3.63, 3.8) is 0 Å². The van der Waals surface area contributed by atoms with E-state index in [0.717, 1.165) is 116 Å². The zero-order valence-electron chi connectivity index (χ0n) is 52.8. The highest BCUT2D eigenvalue weighted by atomic mass is 31.2. The highest BCUT2D eigenvalue weighted by molar-refractivity contribution is 7.47.